The second-order valence-electron chi connectivity index (χ2n) is 13.3. The van der Waals surface area contributed by atoms with Crippen molar-refractivity contribution in [2.24, 2.45) is 0 Å². The standard InChI is InChI=1S/C38H73O8P/c1-3-5-7-9-11-13-15-17-19-21-22-24-26-28-30-32-37(39)44-34-36(35-45-47(41,42)43)46-38(40)33-31-29-27-25-23-20-18-16-14-12-10-8-6-4-2/h16,18,36H,3-15,17,19-35H2,1-2H3,(H2,41,42,43)/b18-16-. The third kappa shape index (κ3) is 37.5. The van der Waals surface area contributed by atoms with Crippen molar-refractivity contribution >= 4 is 19.8 Å². The normalized spacial score (nSPS) is 12.5. The van der Waals surface area contributed by atoms with Crippen molar-refractivity contribution in [3.8, 4) is 0 Å². The van der Waals surface area contributed by atoms with Crippen molar-refractivity contribution in [1.82, 2.24) is 0 Å². The zero-order chi connectivity index (χ0) is 34.7. The van der Waals surface area contributed by atoms with Gasteiger partial charge in [-0.1, -0.05) is 161 Å². The largest absolute Gasteiger partial charge is 0.469 e. The lowest BCUT2D eigenvalue weighted by Crippen LogP contribution is -2.29. The van der Waals surface area contributed by atoms with Crippen LogP contribution in [0.4, 0.5) is 0 Å². The fourth-order valence-electron chi connectivity index (χ4n) is 5.60. The van der Waals surface area contributed by atoms with Gasteiger partial charge in [0.15, 0.2) is 6.10 Å². The fourth-order valence-corrected chi connectivity index (χ4v) is 5.96. The lowest BCUT2D eigenvalue weighted by molar-refractivity contribution is -0.161. The second-order valence-corrected chi connectivity index (χ2v) is 14.5. The maximum atomic E-state index is 12.3. The van der Waals surface area contributed by atoms with Gasteiger partial charge in [0.05, 0.1) is 6.61 Å². The molecule has 1 unspecified atom stereocenters. The molecule has 0 saturated heterocycles. The molecule has 0 radical (unpaired) electrons. The molecule has 0 amide bonds. The Morgan fingerprint density at radius 2 is 0.894 bits per heavy atom. The van der Waals surface area contributed by atoms with Gasteiger partial charge in [0.2, 0.25) is 0 Å². The number of unbranched alkanes of at least 4 members (excludes halogenated alkanes) is 24. The van der Waals surface area contributed by atoms with Crippen LogP contribution in [0, 0.1) is 0 Å². The van der Waals surface area contributed by atoms with E-state index >= 15 is 0 Å². The first-order chi connectivity index (χ1) is 22.8. The van der Waals surface area contributed by atoms with Gasteiger partial charge in [-0.2, -0.15) is 0 Å². The molecule has 0 bridgehead atoms. The smallest absolute Gasteiger partial charge is 0.462 e. The average Bonchev–Trinajstić information content (AvgIpc) is 3.03. The molecule has 0 aromatic rings. The van der Waals surface area contributed by atoms with Gasteiger partial charge >= 0.3 is 19.8 Å². The third-order valence-corrected chi connectivity index (χ3v) is 9.02. The van der Waals surface area contributed by atoms with Crippen molar-refractivity contribution in [3.05, 3.63) is 12.2 Å². The predicted octanol–water partition coefficient (Wildman–Crippen LogP) is 11.5. The summed E-state index contributed by atoms with van der Waals surface area (Å²) in [6.07, 6.45) is 36.4. The summed E-state index contributed by atoms with van der Waals surface area (Å²) >= 11 is 0. The highest BCUT2D eigenvalue weighted by atomic mass is 31.2. The second kappa shape index (κ2) is 34.6. The number of hydrogen-bond donors (Lipinski definition) is 2. The Kier molecular flexibility index (Phi) is 33.8. The van der Waals surface area contributed by atoms with Crippen molar-refractivity contribution in [2.75, 3.05) is 13.2 Å². The number of ether oxygens (including phenoxy) is 2. The van der Waals surface area contributed by atoms with Crippen LogP contribution in [0.1, 0.15) is 200 Å². The minimum Gasteiger partial charge on any atom is -0.462 e. The van der Waals surface area contributed by atoms with E-state index in [1.54, 1.807) is 0 Å². The van der Waals surface area contributed by atoms with Crippen molar-refractivity contribution in [2.45, 2.75) is 206 Å². The number of carbonyl (C=O) groups is 2. The molecule has 0 aromatic carbocycles. The zero-order valence-corrected chi connectivity index (χ0v) is 31.3. The maximum Gasteiger partial charge on any atom is 0.469 e. The van der Waals surface area contributed by atoms with E-state index in [0.29, 0.717) is 6.42 Å². The zero-order valence-electron chi connectivity index (χ0n) is 30.4. The number of phosphoric acid groups is 1. The number of esters is 2. The molecule has 1 atom stereocenters. The van der Waals surface area contributed by atoms with Gasteiger partial charge < -0.3 is 19.3 Å². The molecule has 47 heavy (non-hydrogen) atoms. The van der Waals surface area contributed by atoms with Crippen LogP contribution in [0.2, 0.25) is 0 Å². The van der Waals surface area contributed by atoms with E-state index in [4.69, 9.17) is 19.3 Å². The average molecular weight is 689 g/mol. The topological polar surface area (TPSA) is 119 Å². The van der Waals surface area contributed by atoms with Crippen molar-refractivity contribution in [1.29, 1.82) is 0 Å². The molecule has 0 saturated carbocycles. The van der Waals surface area contributed by atoms with Crippen molar-refractivity contribution < 1.29 is 37.9 Å². The quantitative estimate of drug-likeness (QED) is 0.0289. The Morgan fingerprint density at radius 3 is 1.30 bits per heavy atom. The molecule has 0 aliphatic rings. The molecule has 0 aliphatic heterocycles. The summed E-state index contributed by atoms with van der Waals surface area (Å²) in [7, 11) is -4.75. The van der Waals surface area contributed by atoms with Crippen LogP contribution in [0.25, 0.3) is 0 Å². The summed E-state index contributed by atoms with van der Waals surface area (Å²) in [5, 5.41) is 0. The van der Waals surface area contributed by atoms with Gasteiger partial charge in [0.25, 0.3) is 0 Å². The number of rotatable bonds is 36. The molecule has 0 heterocycles. The highest BCUT2D eigenvalue weighted by Gasteiger charge is 2.22. The molecule has 278 valence electrons. The lowest BCUT2D eigenvalue weighted by atomic mass is 10.0. The first kappa shape index (κ1) is 45.8. The highest BCUT2D eigenvalue weighted by Crippen LogP contribution is 2.36. The fraction of sp³-hybridized carbons (Fsp3) is 0.895. The van der Waals surface area contributed by atoms with E-state index < -0.39 is 32.5 Å². The molecule has 0 rings (SSSR count). The number of hydrogen-bond acceptors (Lipinski definition) is 6. The summed E-state index contributed by atoms with van der Waals surface area (Å²) in [6.45, 7) is 3.68. The van der Waals surface area contributed by atoms with Gasteiger partial charge in [0, 0.05) is 12.8 Å². The first-order valence-electron chi connectivity index (χ1n) is 19.5. The van der Waals surface area contributed by atoms with Crippen LogP contribution in [0.3, 0.4) is 0 Å². The van der Waals surface area contributed by atoms with E-state index in [-0.39, 0.29) is 19.4 Å². The number of carbonyl (C=O) groups excluding carboxylic acids is 2. The molecular weight excluding hydrogens is 615 g/mol. The minimum atomic E-state index is -4.75. The predicted molar refractivity (Wildman–Crippen MR) is 193 cm³/mol. The monoisotopic (exact) mass is 689 g/mol. The van der Waals surface area contributed by atoms with Gasteiger partial charge in [0.1, 0.15) is 6.61 Å². The van der Waals surface area contributed by atoms with Crippen LogP contribution >= 0.6 is 7.82 Å². The van der Waals surface area contributed by atoms with E-state index in [9.17, 15) is 14.2 Å². The van der Waals surface area contributed by atoms with Crippen LogP contribution in [0.15, 0.2) is 12.2 Å². The maximum absolute atomic E-state index is 12.3. The highest BCUT2D eigenvalue weighted by molar-refractivity contribution is 7.46. The van der Waals surface area contributed by atoms with E-state index in [2.05, 4.69) is 30.5 Å². The van der Waals surface area contributed by atoms with Gasteiger partial charge in [-0.3, -0.25) is 14.1 Å². The Hall–Kier alpha value is -1.21. The first-order valence-corrected chi connectivity index (χ1v) is 21.0. The summed E-state index contributed by atoms with van der Waals surface area (Å²) < 4.78 is 26.3. The van der Waals surface area contributed by atoms with Gasteiger partial charge in [-0.25, -0.2) is 4.57 Å². The van der Waals surface area contributed by atoms with Crippen LogP contribution in [-0.4, -0.2) is 41.0 Å². The van der Waals surface area contributed by atoms with Gasteiger partial charge in [-0.05, 0) is 38.5 Å². The minimum absolute atomic E-state index is 0.206. The molecule has 9 heteroatoms. The Morgan fingerprint density at radius 1 is 0.532 bits per heavy atom. The molecule has 0 aromatic heterocycles. The molecule has 0 spiro atoms. The summed E-state index contributed by atoms with van der Waals surface area (Å²) in [4.78, 5) is 42.7. The molecule has 8 nitrogen and oxygen atoms in total. The van der Waals surface area contributed by atoms with Crippen molar-refractivity contribution in [3.63, 3.8) is 0 Å². The van der Waals surface area contributed by atoms with E-state index in [1.807, 2.05) is 0 Å². The number of allylic oxidation sites excluding steroid dienone is 2. The van der Waals surface area contributed by atoms with E-state index in [0.717, 1.165) is 51.4 Å². The van der Waals surface area contributed by atoms with E-state index in [1.165, 1.54) is 116 Å². The van der Waals surface area contributed by atoms with Crippen LogP contribution in [0.5, 0.6) is 0 Å². The van der Waals surface area contributed by atoms with Crippen LogP contribution in [-0.2, 0) is 28.2 Å². The van der Waals surface area contributed by atoms with Crippen LogP contribution < -0.4 is 0 Å². The summed E-state index contributed by atoms with van der Waals surface area (Å²) in [5.41, 5.74) is 0. The lowest BCUT2D eigenvalue weighted by Gasteiger charge is -2.18. The Labute approximate surface area is 288 Å². The Balaban J connectivity index is 3.93. The van der Waals surface area contributed by atoms with Gasteiger partial charge in [-0.15, -0.1) is 0 Å². The third-order valence-electron chi connectivity index (χ3n) is 8.53. The summed E-state index contributed by atoms with van der Waals surface area (Å²) in [5.74, 6) is -0.886. The molecule has 2 N–H and O–H groups in total. The number of phosphoric ester groups is 1. The molecule has 0 fully saturated rings. The molecular formula is C38H73O8P. The summed E-state index contributed by atoms with van der Waals surface area (Å²) in [6, 6.07) is 0. The SMILES string of the molecule is CCCCCCC/C=C\CCCCCCCC(=O)OC(COC(=O)CCCCCCCCCCCCCCCCC)COP(=O)(O)O. The Bertz CT molecular complexity index is 782. The molecule has 0 aliphatic carbocycles.